The van der Waals surface area contributed by atoms with Gasteiger partial charge in [-0.05, 0) is 12.1 Å². The van der Waals surface area contributed by atoms with Gasteiger partial charge in [0.05, 0.1) is 31.0 Å². The predicted molar refractivity (Wildman–Crippen MR) is 97.5 cm³/mol. The molecule has 0 amide bonds. The van der Waals surface area contributed by atoms with Gasteiger partial charge in [0.1, 0.15) is 29.7 Å². The van der Waals surface area contributed by atoms with Crippen LogP contribution < -0.4 is 10.2 Å². The van der Waals surface area contributed by atoms with E-state index in [1.807, 2.05) is 11.0 Å². The second-order valence-corrected chi connectivity index (χ2v) is 7.93. The van der Waals surface area contributed by atoms with Gasteiger partial charge in [0, 0.05) is 18.1 Å². The van der Waals surface area contributed by atoms with Gasteiger partial charge in [0.15, 0.2) is 5.82 Å². The summed E-state index contributed by atoms with van der Waals surface area (Å²) in [6.45, 7) is 1.76. The molecule has 0 saturated carbocycles. The molecule has 3 heterocycles. The van der Waals surface area contributed by atoms with E-state index in [0.29, 0.717) is 49.1 Å². The predicted octanol–water partition coefficient (Wildman–Crippen LogP) is 1.99. The highest BCUT2D eigenvalue weighted by atomic mass is 32.2. The van der Waals surface area contributed by atoms with Crippen LogP contribution in [0.15, 0.2) is 40.2 Å². The number of oxime groups is 1. The fraction of sp³-hybridized carbons (Fsp3) is 0.412. The molecule has 2 aliphatic rings. The first-order valence-electron chi connectivity index (χ1n) is 8.46. The van der Waals surface area contributed by atoms with Crippen LogP contribution in [-0.4, -0.2) is 52.7 Å². The van der Waals surface area contributed by atoms with Crippen molar-refractivity contribution in [3.05, 3.63) is 41.9 Å². The Hall–Kier alpha value is -2.26. The van der Waals surface area contributed by atoms with Gasteiger partial charge in [0.2, 0.25) is 0 Å². The van der Waals surface area contributed by atoms with Crippen molar-refractivity contribution >= 4 is 28.4 Å². The molecule has 1 aromatic carbocycles. The van der Waals surface area contributed by atoms with Gasteiger partial charge in [-0.3, -0.25) is 0 Å². The fourth-order valence-corrected chi connectivity index (χ4v) is 4.10. The van der Waals surface area contributed by atoms with Crippen LogP contribution in [0.25, 0.3) is 0 Å². The number of benzene rings is 1. The zero-order chi connectivity index (χ0) is 17.9. The Morgan fingerprint density at radius 1 is 1.31 bits per heavy atom. The number of hydrogen-bond acceptors (Lipinski definition) is 7. The second kappa shape index (κ2) is 7.55. The Morgan fingerprint density at radius 3 is 2.88 bits per heavy atom. The summed E-state index contributed by atoms with van der Waals surface area (Å²) in [5, 5.41) is 11.0. The summed E-state index contributed by atoms with van der Waals surface area (Å²) in [5.74, 6) is 1.52. The van der Waals surface area contributed by atoms with E-state index in [2.05, 4.69) is 15.6 Å². The van der Waals surface area contributed by atoms with E-state index in [1.54, 1.807) is 12.1 Å². The van der Waals surface area contributed by atoms with E-state index in [0.717, 1.165) is 11.3 Å². The maximum absolute atomic E-state index is 14.6. The minimum Gasteiger partial charge on any atom is -0.616 e. The molecular formula is C17H19FN4O3S. The van der Waals surface area contributed by atoms with E-state index in [1.165, 1.54) is 12.3 Å². The Kier molecular flexibility index (Phi) is 4.98. The molecule has 0 unspecified atom stereocenters. The van der Waals surface area contributed by atoms with Crippen LogP contribution in [0.1, 0.15) is 12.0 Å². The maximum Gasteiger partial charge on any atom is 0.169 e. The molecule has 9 heteroatoms. The van der Waals surface area contributed by atoms with Crippen LogP contribution in [0.4, 0.5) is 15.9 Å². The van der Waals surface area contributed by atoms with Crippen LogP contribution in [0.5, 0.6) is 0 Å². The van der Waals surface area contributed by atoms with E-state index in [4.69, 9.17) is 9.36 Å². The number of nitrogens with zero attached hydrogens (tertiary/aromatic N) is 3. The minimum absolute atomic E-state index is 0.137. The molecule has 0 bridgehead atoms. The third kappa shape index (κ3) is 3.78. The molecule has 138 valence electrons. The summed E-state index contributed by atoms with van der Waals surface area (Å²) in [7, 11) is 0. The molecule has 1 N–H and O–H groups in total. The summed E-state index contributed by atoms with van der Waals surface area (Å²) in [4.78, 5) is 7.36. The second-order valence-electron chi connectivity index (χ2n) is 6.24. The smallest absolute Gasteiger partial charge is 0.169 e. The molecule has 4 rings (SSSR count). The number of hydrogen-bond donors (Lipinski definition) is 1. The molecule has 1 fully saturated rings. The Morgan fingerprint density at radius 2 is 2.15 bits per heavy atom. The van der Waals surface area contributed by atoms with Crippen LogP contribution in [0, 0.1) is 5.82 Å². The zero-order valence-corrected chi connectivity index (χ0v) is 14.9. The maximum atomic E-state index is 14.6. The first kappa shape index (κ1) is 17.2. The molecule has 2 aliphatic heterocycles. The van der Waals surface area contributed by atoms with E-state index >= 15 is 0 Å². The van der Waals surface area contributed by atoms with E-state index in [-0.39, 0.29) is 11.9 Å². The zero-order valence-electron chi connectivity index (χ0n) is 14.1. The van der Waals surface area contributed by atoms with Gasteiger partial charge in [0.25, 0.3) is 0 Å². The monoisotopic (exact) mass is 378 g/mol. The van der Waals surface area contributed by atoms with E-state index < -0.39 is 11.2 Å². The number of halogens is 1. The average Bonchev–Trinajstić information content (AvgIpc) is 3.33. The summed E-state index contributed by atoms with van der Waals surface area (Å²) in [6.07, 6.45) is 1.94. The Bertz CT molecular complexity index is 778. The number of aromatic nitrogens is 1. The van der Waals surface area contributed by atoms with Gasteiger partial charge < -0.3 is 24.1 Å². The lowest BCUT2D eigenvalue weighted by atomic mass is 10.0. The molecule has 0 radical (unpaired) electrons. The number of rotatable bonds is 5. The molecule has 7 nitrogen and oxygen atoms in total. The van der Waals surface area contributed by atoms with Gasteiger partial charge in [-0.2, -0.15) is 0 Å². The lowest BCUT2D eigenvalue weighted by Gasteiger charge is -2.30. The molecule has 1 saturated heterocycles. The molecule has 26 heavy (non-hydrogen) atoms. The minimum atomic E-state index is -0.781. The molecular weight excluding hydrogens is 359 g/mol. The van der Waals surface area contributed by atoms with Gasteiger partial charge in [-0.25, -0.2) is 4.39 Å². The summed E-state index contributed by atoms with van der Waals surface area (Å²) in [5.41, 5.74) is 1.99. The van der Waals surface area contributed by atoms with Crippen molar-refractivity contribution < 1.29 is 18.3 Å². The van der Waals surface area contributed by atoms with Crippen LogP contribution in [-0.2, 0) is 16.0 Å². The van der Waals surface area contributed by atoms with Crippen molar-refractivity contribution in [3.8, 4) is 0 Å². The van der Waals surface area contributed by atoms with Crippen LogP contribution in [0.3, 0.4) is 0 Å². The fourth-order valence-electron chi connectivity index (χ4n) is 3.05. The highest BCUT2D eigenvalue weighted by molar-refractivity contribution is 7.91. The molecule has 2 aromatic rings. The molecule has 1 aromatic heterocycles. The largest absolute Gasteiger partial charge is 0.616 e. The Labute approximate surface area is 153 Å². The Balaban J connectivity index is 1.37. The normalized spacial score (nSPS) is 20.8. The standard InChI is InChI=1S/C17H19FN4O3S/c18-14-9-12(1-2-16(14)22-4-7-26(23)8-5-22)15-10-13(25-20-15)11-19-17-3-6-24-21-17/h1-3,6,9,13H,4-5,7-8,10-11H2,(H,19,21)/t13-/m0/s1. The van der Waals surface area contributed by atoms with Crippen molar-refractivity contribution in [3.63, 3.8) is 0 Å². The topological polar surface area (TPSA) is 86.0 Å². The highest BCUT2D eigenvalue weighted by Crippen LogP contribution is 2.25. The first-order chi connectivity index (χ1) is 12.7. The van der Waals surface area contributed by atoms with Crippen molar-refractivity contribution in [1.82, 2.24) is 5.16 Å². The highest BCUT2D eigenvalue weighted by Gasteiger charge is 2.25. The van der Waals surface area contributed by atoms with Crippen LogP contribution >= 0.6 is 0 Å². The third-order valence-corrected chi connectivity index (χ3v) is 5.76. The number of nitrogens with one attached hydrogen (secondary N) is 1. The van der Waals surface area contributed by atoms with Crippen molar-refractivity contribution in [2.75, 3.05) is 41.4 Å². The lowest BCUT2D eigenvalue weighted by Crippen LogP contribution is -2.40. The van der Waals surface area contributed by atoms with Crippen molar-refractivity contribution in [2.24, 2.45) is 5.16 Å². The quantitative estimate of drug-likeness (QED) is 0.801. The van der Waals surface area contributed by atoms with Crippen molar-refractivity contribution in [1.29, 1.82) is 0 Å². The summed E-state index contributed by atoms with van der Waals surface area (Å²) >= 11 is -0.781. The van der Waals surface area contributed by atoms with Crippen LogP contribution in [0.2, 0.25) is 0 Å². The van der Waals surface area contributed by atoms with E-state index in [9.17, 15) is 8.94 Å². The lowest BCUT2D eigenvalue weighted by molar-refractivity contribution is 0.0948. The number of anilines is 2. The van der Waals surface area contributed by atoms with Crippen molar-refractivity contribution in [2.45, 2.75) is 12.5 Å². The third-order valence-electron chi connectivity index (χ3n) is 4.48. The van der Waals surface area contributed by atoms with Gasteiger partial charge in [-0.1, -0.05) is 27.6 Å². The SMILES string of the molecule is [O-][S+]1CCN(c2ccc(C3=NO[C@H](CNc4ccon4)C3)cc2F)CC1. The molecule has 1 atom stereocenters. The summed E-state index contributed by atoms with van der Waals surface area (Å²) < 4.78 is 30.8. The van der Waals surface area contributed by atoms with Gasteiger partial charge >= 0.3 is 0 Å². The molecule has 0 aliphatic carbocycles. The van der Waals surface area contributed by atoms with Gasteiger partial charge in [-0.15, -0.1) is 0 Å². The average molecular weight is 378 g/mol. The summed E-state index contributed by atoms with van der Waals surface area (Å²) in [6, 6.07) is 6.85. The molecule has 0 spiro atoms. The first-order valence-corrected chi connectivity index (χ1v) is 9.94.